The highest BCUT2D eigenvalue weighted by molar-refractivity contribution is 7.89. The molecule has 2 aromatic heterocycles. The third-order valence-electron chi connectivity index (χ3n) is 2.42. The van der Waals surface area contributed by atoms with Crippen molar-refractivity contribution < 1.29 is 8.42 Å². The van der Waals surface area contributed by atoms with Crippen molar-refractivity contribution in [2.75, 3.05) is 7.05 Å². The van der Waals surface area contributed by atoms with Crippen molar-refractivity contribution in [1.82, 2.24) is 9.29 Å². The highest BCUT2D eigenvalue weighted by Gasteiger charge is 2.24. The van der Waals surface area contributed by atoms with E-state index in [1.165, 1.54) is 41.0 Å². The molecular formula is C11H10Cl2N2O2S2. The van der Waals surface area contributed by atoms with Crippen molar-refractivity contribution in [3.8, 4) is 0 Å². The van der Waals surface area contributed by atoms with E-state index in [2.05, 4.69) is 4.98 Å². The van der Waals surface area contributed by atoms with Crippen LogP contribution in [-0.2, 0) is 16.6 Å². The topological polar surface area (TPSA) is 50.3 Å². The Morgan fingerprint density at radius 2 is 2.05 bits per heavy atom. The van der Waals surface area contributed by atoms with Crippen LogP contribution in [0.5, 0.6) is 0 Å². The molecular weight excluding hydrogens is 327 g/mol. The number of rotatable bonds is 4. The van der Waals surface area contributed by atoms with E-state index < -0.39 is 10.0 Å². The van der Waals surface area contributed by atoms with Crippen LogP contribution in [0.2, 0.25) is 9.49 Å². The van der Waals surface area contributed by atoms with E-state index in [4.69, 9.17) is 23.2 Å². The molecule has 0 aromatic carbocycles. The van der Waals surface area contributed by atoms with Crippen LogP contribution in [0.25, 0.3) is 0 Å². The summed E-state index contributed by atoms with van der Waals surface area (Å²) >= 11 is 13.0. The Morgan fingerprint density at radius 3 is 2.63 bits per heavy atom. The lowest BCUT2D eigenvalue weighted by molar-refractivity contribution is 0.469. The normalized spacial score (nSPS) is 12.0. The Kier molecular flexibility index (Phi) is 4.47. The van der Waals surface area contributed by atoms with E-state index in [9.17, 15) is 8.42 Å². The molecule has 0 aliphatic heterocycles. The summed E-state index contributed by atoms with van der Waals surface area (Å²) in [5.41, 5.74) is 0. The Hall–Kier alpha value is -0.660. The van der Waals surface area contributed by atoms with E-state index in [0.717, 1.165) is 4.88 Å². The van der Waals surface area contributed by atoms with Gasteiger partial charge in [0.2, 0.25) is 10.0 Å². The fourth-order valence-corrected chi connectivity index (χ4v) is 4.27. The number of nitrogens with zero attached hydrogens (tertiary/aromatic N) is 2. The zero-order valence-electron chi connectivity index (χ0n) is 9.88. The first-order valence-electron chi connectivity index (χ1n) is 5.22. The molecule has 0 atom stereocenters. The minimum Gasteiger partial charge on any atom is -0.243 e. The van der Waals surface area contributed by atoms with Crippen LogP contribution in [0.4, 0.5) is 0 Å². The minimum atomic E-state index is -3.66. The third-order valence-corrected chi connectivity index (χ3v) is 5.88. The fraction of sp³-hybridized carbons (Fsp3) is 0.182. The standard InChI is InChI=1S/C11H10Cl2N2O2S2/c1-15(7-8-4-5-10(12)18-8)19(16,17)9-3-2-6-14-11(9)13/h2-6H,7H2,1H3. The maximum atomic E-state index is 12.3. The quantitative estimate of drug-likeness (QED) is 0.805. The van der Waals surface area contributed by atoms with Crippen LogP contribution in [0.1, 0.15) is 4.88 Å². The molecule has 2 rings (SSSR count). The molecule has 0 saturated carbocycles. The zero-order valence-corrected chi connectivity index (χ0v) is 13.0. The second-order valence-corrected chi connectivity index (χ2v) is 7.93. The summed E-state index contributed by atoms with van der Waals surface area (Å²) in [7, 11) is -2.16. The molecule has 0 spiro atoms. The van der Waals surface area contributed by atoms with E-state index in [-0.39, 0.29) is 16.6 Å². The number of sulfonamides is 1. The van der Waals surface area contributed by atoms with Crippen LogP contribution in [-0.4, -0.2) is 24.8 Å². The van der Waals surface area contributed by atoms with Gasteiger partial charge in [-0.05, 0) is 24.3 Å². The second-order valence-electron chi connectivity index (χ2n) is 3.76. The van der Waals surface area contributed by atoms with E-state index in [0.29, 0.717) is 4.34 Å². The number of aromatic nitrogens is 1. The van der Waals surface area contributed by atoms with Gasteiger partial charge < -0.3 is 0 Å². The number of halogens is 2. The second kappa shape index (κ2) is 5.76. The van der Waals surface area contributed by atoms with Gasteiger partial charge in [0.1, 0.15) is 10.0 Å². The molecule has 102 valence electrons. The summed E-state index contributed by atoms with van der Waals surface area (Å²) in [5.74, 6) is 0. The number of pyridine rings is 1. The van der Waals surface area contributed by atoms with Crippen LogP contribution in [0, 0.1) is 0 Å². The van der Waals surface area contributed by atoms with Gasteiger partial charge in [-0.2, -0.15) is 4.31 Å². The van der Waals surface area contributed by atoms with E-state index in [1.807, 2.05) is 0 Å². The average Bonchev–Trinajstić information content (AvgIpc) is 2.75. The van der Waals surface area contributed by atoms with E-state index >= 15 is 0 Å². The first-order valence-corrected chi connectivity index (χ1v) is 8.23. The van der Waals surface area contributed by atoms with Crippen molar-refractivity contribution in [1.29, 1.82) is 0 Å². The van der Waals surface area contributed by atoms with Gasteiger partial charge in [-0.3, -0.25) is 0 Å². The SMILES string of the molecule is CN(Cc1ccc(Cl)s1)S(=O)(=O)c1cccnc1Cl. The van der Waals surface area contributed by atoms with Crippen molar-refractivity contribution in [3.63, 3.8) is 0 Å². The van der Waals surface area contributed by atoms with Crippen LogP contribution < -0.4 is 0 Å². The van der Waals surface area contributed by atoms with Crippen molar-refractivity contribution >= 4 is 44.6 Å². The summed E-state index contributed by atoms with van der Waals surface area (Å²) in [5, 5.41) is -0.0291. The molecule has 0 amide bonds. The highest BCUT2D eigenvalue weighted by atomic mass is 35.5. The van der Waals surface area contributed by atoms with Crippen molar-refractivity contribution in [2.24, 2.45) is 0 Å². The average molecular weight is 337 g/mol. The summed E-state index contributed by atoms with van der Waals surface area (Å²) < 4.78 is 26.5. The third kappa shape index (κ3) is 3.27. The predicted molar refractivity (Wildman–Crippen MR) is 77.2 cm³/mol. The van der Waals surface area contributed by atoms with Crippen LogP contribution >= 0.6 is 34.5 Å². The number of hydrogen-bond donors (Lipinski definition) is 0. The molecule has 2 aromatic rings. The van der Waals surface area contributed by atoms with Crippen LogP contribution in [0.3, 0.4) is 0 Å². The number of thiophene rings is 1. The van der Waals surface area contributed by atoms with Gasteiger partial charge in [-0.1, -0.05) is 23.2 Å². The van der Waals surface area contributed by atoms with Gasteiger partial charge in [0, 0.05) is 24.7 Å². The fourth-order valence-electron chi connectivity index (χ4n) is 1.47. The lowest BCUT2D eigenvalue weighted by atomic mass is 10.5. The van der Waals surface area contributed by atoms with E-state index in [1.54, 1.807) is 12.1 Å². The van der Waals surface area contributed by atoms with Gasteiger partial charge in [-0.15, -0.1) is 11.3 Å². The molecule has 2 heterocycles. The Morgan fingerprint density at radius 1 is 1.32 bits per heavy atom. The largest absolute Gasteiger partial charge is 0.246 e. The molecule has 4 nitrogen and oxygen atoms in total. The molecule has 0 bridgehead atoms. The molecule has 0 saturated heterocycles. The molecule has 0 unspecified atom stereocenters. The van der Waals surface area contributed by atoms with Crippen LogP contribution in [0.15, 0.2) is 35.4 Å². The molecule has 0 aliphatic carbocycles. The maximum Gasteiger partial charge on any atom is 0.246 e. The summed E-state index contributed by atoms with van der Waals surface area (Å²) in [6.45, 7) is 0.241. The first kappa shape index (κ1) is 14.7. The molecule has 19 heavy (non-hydrogen) atoms. The Labute approximate surface area is 125 Å². The molecule has 0 fully saturated rings. The summed E-state index contributed by atoms with van der Waals surface area (Å²) in [6, 6.07) is 6.50. The zero-order chi connectivity index (χ0) is 14.0. The first-order chi connectivity index (χ1) is 8.91. The summed E-state index contributed by atoms with van der Waals surface area (Å²) in [4.78, 5) is 4.64. The maximum absolute atomic E-state index is 12.3. The lowest BCUT2D eigenvalue weighted by Gasteiger charge is -2.16. The predicted octanol–water partition coefficient (Wildman–Crippen LogP) is 3.27. The van der Waals surface area contributed by atoms with Gasteiger partial charge in [0.05, 0.1) is 4.34 Å². The van der Waals surface area contributed by atoms with Gasteiger partial charge in [-0.25, -0.2) is 13.4 Å². The van der Waals surface area contributed by atoms with Crippen molar-refractivity contribution in [3.05, 3.63) is 44.8 Å². The van der Waals surface area contributed by atoms with Crippen molar-refractivity contribution in [2.45, 2.75) is 11.4 Å². The minimum absolute atomic E-state index is 0.00168. The molecule has 0 aliphatic rings. The molecule has 0 radical (unpaired) electrons. The smallest absolute Gasteiger partial charge is 0.243 e. The van der Waals surface area contributed by atoms with Gasteiger partial charge in [0.25, 0.3) is 0 Å². The van der Waals surface area contributed by atoms with Gasteiger partial charge >= 0.3 is 0 Å². The Balaban J connectivity index is 2.27. The highest BCUT2D eigenvalue weighted by Crippen LogP contribution is 2.26. The summed E-state index contributed by atoms with van der Waals surface area (Å²) in [6.07, 6.45) is 1.44. The molecule has 0 N–H and O–H groups in total. The monoisotopic (exact) mass is 336 g/mol. The number of hydrogen-bond acceptors (Lipinski definition) is 4. The lowest BCUT2D eigenvalue weighted by Crippen LogP contribution is -2.26. The Bertz CT molecular complexity index is 686. The molecule has 8 heteroatoms. The van der Waals surface area contributed by atoms with Gasteiger partial charge in [0.15, 0.2) is 0 Å².